The lowest BCUT2D eigenvalue weighted by molar-refractivity contribution is -0.137. The molecule has 0 saturated carbocycles. The number of rotatable bonds is 4. The van der Waals surface area contributed by atoms with Crippen molar-refractivity contribution in [1.29, 1.82) is 0 Å². The van der Waals surface area contributed by atoms with E-state index in [9.17, 15) is 4.79 Å². The highest BCUT2D eigenvalue weighted by molar-refractivity contribution is 5.66. The molecule has 0 atom stereocenters. The Morgan fingerprint density at radius 1 is 1.44 bits per heavy atom. The standard InChI is InChI=1S/C10H10N4O2/c15-10(16)2-1-9-12-6-8(13-14-9)7-3-4-11-5-7/h3-6,11H,1-2H2,(H,15,16). The number of aromatic amines is 1. The highest BCUT2D eigenvalue weighted by Crippen LogP contribution is 2.13. The molecule has 2 aromatic rings. The van der Waals surface area contributed by atoms with Crippen molar-refractivity contribution in [3.8, 4) is 11.3 Å². The number of H-pyrrole nitrogens is 1. The molecule has 6 nitrogen and oxygen atoms in total. The van der Waals surface area contributed by atoms with Gasteiger partial charge in [-0.2, -0.15) is 0 Å². The van der Waals surface area contributed by atoms with Crippen LogP contribution in [0.5, 0.6) is 0 Å². The fourth-order valence-corrected chi connectivity index (χ4v) is 1.25. The van der Waals surface area contributed by atoms with Crippen molar-refractivity contribution in [2.45, 2.75) is 12.8 Å². The van der Waals surface area contributed by atoms with E-state index >= 15 is 0 Å². The first-order valence-corrected chi connectivity index (χ1v) is 4.79. The van der Waals surface area contributed by atoms with Crippen LogP contribution in [-0.4, -0.2) is 31.2 Å². The van der Waals surface area contributed by atoms with Crippen LogP contribution < -0.4 is 0 Å². The normalized spacial score (nSPS) is 10.2. The van der Waals surface area contributed by atoms with Crippen molar-refractivity contribution < 1.29 is 9.90 Å². The second kappa shape index (κ2) is 4.52. The van der Waals surface area contributed by atoms with Crippen LogP contribution in [0.4, 0.5) is 0 Å². The van der Waals surface area contributed by atoms with E-state index in [1.807, 2.05) is 6.07 Å². The van der Waals surface area contributed by atoms with E-state index in [0.29, 0.717) is 17.9 Å². The summed E-state index contributed by atoms with van der Waals surface area (Å²) in [6.45, 7) is 0. The molecule has 0 amide bonds. The van der Waals surface area contributed by atoms with Gasteiger partial charge in [0.05, 0.1) is 12.6 Å². The third kappa shape index (κ3) is 2.41. The molecule has 0 unspecified atom stereocenters. The van der Waals surface area contributed by atoms with Gasteiger partial charge >= 0.3 is 5.97 Å². The molecule has 6 heteroatoms. The van der Waals surface area contributed by atoms with Crippen molar-refractivity contribution in [3.05, 3.63) is 30.5 Å². The average molecular weight is 218 g/mol. The molecule has 0 radical (unpaired) electrons. The third-order valence-corrected chi connectivity index (χ3v) is 2.07. The fraction of sp³-hybridized carbons (Fsp3) is 0.200. The Bertz CT molecular complexity index is 464. The van der Waals surface area contributed by atoms with Crippen molar-refractivity contribution in [1.82, 2.24) is 20.2 Å². The zero-order valence-corrected chi connectivity index (χ0v) is 8.42. The maximum Gasteiger partial charge on any atom is 0.303 e. The van der Waals surface area contributed by atoms with Crippen LogP contribution in [0.15, 0.2) is 24.7 Å². The summed E-state index contributed by atoms with van der Waals surface area (Å²) in [4.78, 5) is 17.3. The van der Waals surface area contributed by atoms with Crippen molar-refractivity contribution in [2.24, 2.45) is 0 Å². The molecule has 2 N–H and O–H groups in total. The predicted octanol–water partition coefficient (Wildman–Crippen LogP) is 0.884. The average Bonchev–Trinajstić information content (AvgIpc) is 2.80. The Hall–Kier alpha value is -2.24. The van der Waals surface area contributed by atoms with Crippen LogP contribution in [0, 0.1) is 0 Å². The quantitative estimate of drug-likeness (QED) is 0.794. The Labute approximate surface area is 91.4 Å². The number of aryl methyl sites for hydroxylation is 1. The number of nitrogens with one attached hydrogen (secondary N) is 1. The number of carboxylic acids is 1. The van der Waals surface area contributed by atoms with Gasteiger partial charge in [-0.3, -0.25) is 4.79 Å². The molecule has 0 saturated heterocycles. The monoisotopic (exact) mass is 218 g/mol. The summed E-state index contributed by atoms with van der Waals surface area (Å²) in [5.41, 5.74) is 1.57. The molecule has 0 aliphatic carbocycles. The van der Waals surface area contributed by atoms with E-state index in [1.165, 1.54) is 0 Å². The van der Waals surface area contributed by atoms with Crippen LogP contribution in [-0.2, 0) is 11.2 Å². The molecule has 16 heavy (non-hydrogen) atoms. The summed E-state index contributed by atoms with van der Waals surface area (Å²) in [6.07, 6.45) is 5.49. The Morgan fingerprint density at radius 2 is 2.31 bits per heavy atom. The Kier molecular flexibility index (Phi) is 2.90. The topological polar surface area (TPSA) is 91.8 Å². The van der Waals surface area contributed by atoms with Crippen LogP contribution in [0.3, 0.4) is 0 Å². The van der Waals surface area contributed by atoms with E-state index < -0.39 is 5.97 Å². The SMILES string of the molecule is O=C(O)CCc1ncc(-c2cc[nH]c2)nn1. The summed E-state index contributed by atoms with van der Waals surface area (Å²) in [6, 6.07) is 1.86. The minimum Gasteiger partial charge on any atom is -0.481 e. The molecule has 0 spiro atoms. The van der Waals surface area contributed by atoms with Crippen LogP contribution in [0.2, 0.25) is 0 Å². The highest BCUT2D eigenvalue weighted by atomic mass is 16.4. The molecular weight excluding hydrogens is 208 g/mol. The van der Waals surface area contributed by atoms with Gasteiger partial charge in [-0.1, -0.05) is 0 Å². The van der Waals surface area contributed by atoms with Crippen LogP contribution in [0.25, 0.3) is 11.3 Å². The van der Waals surface area contributed by atoms with Gasteiger partial charge < -0.3 is 10.1 Å². The lowest BCUT2D eigenvalue weighted by Crippen LogP contribution is -2.03. The van der Waals surface area contributed by atoms with Crippen LogP contribution >= 0.6 is 0 Å². The Balaban J connectivity index is 2.08. The molecule has 0 fully saturated rings. The molecule has 82 valence electrons. The molecule has 0 aliphatic heterocycles. The first-order chi connectivity index (χ1) is 7.75. The molecule has 0 aromatic carbocycles. The zero-order chi connectivity index (χ0) is 11.4. The van der Waals surface area contributed by atoms with Crippen molar-refractivity contribution >= 4 is 5.97 Å². The highest BCUT2D eigenvalue weighted by Gasteiger charge is 2.04. The smallest absolute Gasteiger partial charge is 0.303 e. The number of aliphatic carboxylic acids is 1. The molecule has 2 rings (SSSR count). The summed E-state index contributed by atoms with van der Waals surface area (Å²) in [5, 5.41) is 16.3. The summed E-state index contributed by atoms with van der Waals surface area (Å²) < 4.78 is 0. The van der Waals surface area contributed by atoms with Gasteiger partial charge in [-0.05, 0) is 6.07 Å². The van der Waals surface area contributed by atoms with E-state index in [1.54, 1.807) is 18.6 Å². The number of carboxylic acid groups (broad SMARTS) is 1. The lowest BCUT2D eigenvalue weighted by Gasteiger charge is -1.97. The predicted molar refractivity (Wildman–Crippen MR) is 55.6 cm³/mol. The zero-order valence-electron chi connectivity index (χ0n) is 8.42. The number of aromatic nitrogens is 4. The van der Waals surface area contributed by atoms with Gasteiger partial charge in [0.15, 0.2) is 5.82 Å². The van der Waals surface area contributed by atoms with Gasteiger partial charge in [0.2, 0.25) is 0 Å². The van der Waals surface area contributed by atoms with Gasteiger partial charge in [-0.15, -0.1) is 10.2 Å². The summed E-state index contributed by atoms with van der Waals surface area (Å²) in [5.74, 6) is -0.417. The number of nitrogens with zero attached hydrogens (tertiary/aromatic N) is 3. The summed E-state index contributed by atoms with van der Waals surface area (Å²) >= 11 is 0. The molecular formula is C10H10N4O2. The molecule has 2 heterocycles. The first-order valence-electron chi connectivity index (χ1n) is 4.79. The van der Waals surface area contributed by atoms with Gasteiger partial charge in [-0.25, -0.2) is 4.98 Å². The second-order valence-electron chi connectivity index (χ2n) is 3.25. The minimum atomic E-state index is -0.863. The summed E-state index contributed by atoms with van der Waals surface area (Å²) in [7, 11) is 0. The molecule has 0 aliphatic rings. The van der Waals surface area contributed by atoms with Gasteiger partial charge in [0.1, 0.15) is 5.69 Å². The van der Waals surface area contributed by atoms with Crippen molar-refractivity contribution in [3.63, 3.8) is 0 Å². The maximum atomic E-state index is 10.3. The lowest BCUT2D eigenvalue weighted by atomic mass is 10.2. The van der Waals surface area contributed by atoms with E-state index in [0.717, 1.165) is 5.56 Å². The number of carbonyl (C=O) groups is 1. The third-order valence-electron chi connectivity index (χ3n) is 2.07. The number of hydrogen-bond donors (Lipinski definition) is 2. The fourth-order valence-electron chi connectivity index (χ4n) is 1.25. The number of hydrogen-bond acceptors (Lipinski definition) is 4. The van der Waals surface area contributed by atoms with E-state index in [4.69, 9.17) is 5.11 Å². The van der Waals surface area contributed by atoms with Crippen LogP contribution in [0.1, 0.15) is 12.2 Å². The van der Waals surface area contributed by atoms with Gasteiger partial charge in [0, 0.05) is 24.4 Å². The van der Waals surface area contributed by atoms with E-state index in [2.05, 4.69) is 20.2 Å². The first kappa shape index (κ1) is 10.3. The van der Waals surface area contributed by atoms with Crippen molar-refractivity contribution in [2.75, 3.05) is 0 Å². The van der Waals surface area contributed by atoms with E-state index in [-0.39, 0.29) is 6.42 Å². The maximum absolute atomic E-state index is 10.3. The second-order valence-corrected chi connectivity index (χ2v) is 3.25. The largest absolute Gasteiger partial charge is 0.481 e. The molecule has 2 aromatic heterocycles. The Morgan fingerprint density at radius 3 is 2.88 bits per heavy atom. The van der Waals surface area contributed by atoms with Gasteiger partial charge in [0.25, 0.3) is 0 Å². The minimum absolute atomic E-state index is 0.0190. The molecule has 0 bridgehead atoms.